The number of hydrogen-bond donors (Lipinski definition) is 2. The van der Waals surface area contributed by atoms with Crippen LogP contribution in [0.1, 0.15) is 28.9 Å². The summed E-state index contributed by atoms with van der Waals surface area (Å²) >= 11 is 3.17. The highest BCUT2D eigenvalue weighted by Crippen LogP contribution is 2.24. The summed E-state index contributed by atoms with van der Waals surface area (Å²) in [4.78, 5) is 11.1. The predicted molar refractivity (Wildman–Crippen MR) is 81.1 cm³/mol. The third-order valence-electron chi connectivity index (χ3n) is 2.97. The molecule has 5 heteroatoms. The lowest BCUT2D eigenvalue weighted by atomic mass is 10.1. The quantitative estimate of drug-likeness (QED) is 0.890. The van der Waals surface area contributed by atoms with Crippen LogP contribution in [0.25, 0.3) is 0 Å². The van der Waals surface area contributed by atoms with Gasteiger partial charge in [0.15, 0.2) is 0 Å². The number of nitrogens with one attached hydrogen (secondary N) is 1. The summed E-state index contributed by atoms with van der Waals surface area (Å²) in [6.45, 7) is 1.95. The summed E-state index contributed by atoms with van der Waals surface area (Å²) in [5, 5.41) is 3.25. The molecule has 1 unspecified atom stereocenters. The van der Waals surface area contributed by atoms with Crippen molar-refractivity contribution in [3.05, 3.63) is 63.9 Å². The Hall–Kier alpha value is -1.88. The van der Waals surface area contributed by atoms with Crippen LogP contribution in [0.3, 0.4) is 0 Å². The molecule has 2 aromatic rings. The number of hydrogen-bond acceptors (Lipinski definition) is 2. The lowest BCUT2D eigenvalue weighted by Gasteiger charge is -2.16. The molecule has 3 nitrogen and oxygen atoms in total. The van der Waals surface area contributed by atoms with E-state index in [1.807, 2.05) is 13.0 Å². The van der Waals surface area contributed by atoms with Crippen LogP contribution < -0.4 is 11.1 Å². The second kappa shape index (κ2) is 6.05. The van der Waals surface area contributed by atoms with Crippen molar-refractivity contribution in [3.8, 4) is 0 Å². The number of carbonyl (C=O) groups is 1. The summed E-state index contributed by atoms with van der Waals surface area (Å²) < 4.78 is 13.6. The normalized spacial score (nSPS) is 11.9. The lowest BCUT2D eigenvalue weighted by Crippen LogP contribution is -2.12. The Morgan fingerprint density at radius 3 is 2.70 bits per heavy atom. The van der Waals surface area contributed by atoms with Crippen LogP contribution in [-0.2, 0) is 0 Å². The molecule has 0 aliphatic carbocycles. The van der Waals surface area contributed by atoms with Gasteiger partial charge in [-0.25, -0.2) is 4.39 Å². The molecule has 2 rings (SSSR count). The maximum Gasteiger partial charge on any atom is 0.248 e. The average Bonchev–Trinajstić information content (AvgIpc) is 2.42. The number of carbonyl (C=O) groups excluding carboxylic acids is 1. The maximum atomic E-state index is 13.2. The van der Waals surface area contributed by atoms with Crippen molar-refractivity contribution in [3.63, 3.8) is 0 Å². The Kier molecular flexibility index (Phi) is 4.39. The van der Waals surface area contributed by atoms with Gasteiger partial charge in [-0.15, -0.1) is 0 Å². The molecule has 1 amide bonds. The van der Waals surface area contributed by atoms with E-state index in [4.69, 9.17) is 5.73 Å². The Balaban J connectivity index is 2.18. The fraction of sp³-hybridized carbons (Fsp3) is 0.133. The van der Waals surface area contributed by atoms with Gasteiger partial charge in [0.25, 0.3) is 0 Å². The smallest absolute Gasteiger partial charge is 0.248 e. The van der Waals surface area contributed by atoms with E-state index in [2.05, 4.69) is 21.2 Å². The van der Waals surface area contributed by atoms with Gasteiger partial charge in [-0.3, -0.25) is 4.79 Å². The fourth-order valence-corrected chi connectivity index (χ4v) is 2.27. The van der Waals surface area contributed by atoms with E-state index >= 15 is 0 Å². The molecule has 0 aliphatic heterocycles. The molecular formula is C15H14BrFN2O. The highest BCUT2D eigenvalue weighted by atomic mass is 79.9. The SMILES string of the molecule is CC(Nc1cccc(C(N)=O)c1)c1ccc(F)c(Br)c1. The van der Waals surface area contributed by atoms with Crippen molar-refractivity contribution in [1.82, 2.24) is 0 Å². The van der Waals surface area contributed by atoms with Crippen molar-refractivity contribution < 1.29 is 9.18 Å². The second-order valence-electron chi connectivity index (χ2n) is 4.48. The van der Waals surface area contributed by atoms with Crippen LogP contribution in [0.2, 0.25) is 0 Å². The van der Waals surface area contributed by atoms with Gasteiger partial charge in [0.05, 0.1) is 4.47 Å². The first-order valence-corrected chi connectivity index (χ1v) is 6.88. The van der Waals surface area contributed by atoms with Crippen molar-refractivity contribution >= 4 is 27.5 Å². The minimum Gasteiger partial charge on any atom is -0.379 e. The molecule has 0 fully saturated rings. The first kappa shape index (κ1) is 14.5. The van der Waals surface area contributed by atoms with Crippen molar-refractivity contribution in [1.29, 1.82) is 0 Å². The first-order chi connectivity index (χ1) is 9.47. The zero-order chi connectivity index (χ0) is 14.7. The van der Waals surface area contributed by atoms with Crippen LogP contribution in [0, 0.1) is 5.82 Å². The highest BCUT2D eigenvalue weighted by Gasteiger charge is 2.09. The molecule has 0 saturated heterocycles. The second-order valence-corrected chi connectivity index (χ2v) is 5.34. The predicted octanol–water partition coefficient (Wildman–Crippen LogP) is 3.86. The van der Waals surface area contributed by atoms with Crippen molar-refractivity contribution in [2.45, 2.75) is 13.0 Å². The van der Waals surface area contributed by atoms with E-state index in [1.54, 1.807) is 30.3 Å². The number of primary amides is 1. The van der Waals surface area contributed by atoms with Crippen LogP contribution in [0.15, 0.2) is 46.9 Å². The van der Waals surface area contributed by atoms with Gasteiger partial charge in [0.1, 0.15) is 5.82 Å². The maximum absolute atomic E-state index is 13.2. The van der Waals surface area contributed by atoms with E-state index < -0.39 is 5.91 Å². The van der Waals surface area contributed by atoms with Crippen LogP contribution >= 0.6 is 15.9 Å². The molecule has 0 spiro atoms. The summed E-state index contributed by atoms with van der Waals surface area (Å²) in [7, 11) is 0. The first-order valence-electron chi connectivity index (χ1n) is 6.08. The molecule has 104 valence electrons. The molecule has 3 N–H and O–H groups in total. The summed E-state index contributed by atoms with van der Waals surface area (Å²) in [6, 6.07) is 11.8. The topological polar surface area (TPSA) is 55.1 Å². The van der Waals surface area contributed by atoms with Gasteiger partial charge in [0, 0.05) is 17.3 Å². The van der Waals surface area contributed by atoms with E-state index in [0.717, 1.165) is 11.3 Å². The van der Waals surface area contributed by atoms with E-state index in [-0.39, 0.29) is 11.9 Å². The average molecular weight is 337 g/mol. The molecule has 20 heavy (non-hydrogen) atoms. The molecule has 0 bridgehead atoms. The summed E-state index contributed by atoms with van der Waals surface area (Å²) in [6.07, 6.45) is 0. The lowest BCUT2D eigenvalue weighted by molar-refractivity contribution is 0.100. The van der Waals surface area contributed by atoms with E-state index in [0.29, 0.717) is 10.0 Å². The number of amides is 1. The third-order valence-corrected chi connectivity index (χ3v) is 3.58. The number of nitrogens with two attached hydrogens (primary N) is 1. The van der Waals surface area contributed by atoms with Crippen LogP contribution in [-0.4, -0.2) is 5.91 Å². The Morgan fingerprint density at radius 1 is 1.30 bits per heavy atom. The molecule has 2 aromatic carbocycles. The minimum absolute atomic E-state index is 0.0324. The molecule has 0 heterocycles. The van der Waals surface area contributed by atoms with Crippen LogP contribution in [0.4, 0.5) is 10.1 Å². The minimum atomic E-state index is -0.467. The zero-order valence-electron chi connectivity index (χ0n) is 10.9. The van der Waals surface area contributed by atoms with Crippen molar-refractivity contribution in [2.75, 3.05) is 5.32 Å². The van der Waals surface area contributed by atoms with Crippen LogP contribution in [0.5, 0.6) is 0 Å². The summed E-state index contributed by atoms with van der Waals surface area (Å²) in [5.41, 5.74) is 7.41. The van der Waals surface area contributed by atoms with Gasteiger partial charge < -0.3 is 11.1 Å². The standard InChI is InChI=1S/C15H14BrFN2O/c1-9(10-5-6-14(17)13(16)8-10)19-12-4-2-3-11(7-12)15(18)20/h2-9,19H,1H3,(H2,18,20). The third kappa shape index (κ3) is 3.36. The van der Waals surface area contributed by atoms with E-state index in [9.17, 15) is 9.18 Å². The zero-order valence-corrected chi connectivity index (χ0v) is 12.4. The van der Waals surface area contributed by atoms with Gasteiger partial charge in [-0.1, -0.05) is 12.1 Å². The molecule has 0 aliphatic rings. The molecule has 0 saturated carbocycles. The van der Waals surface area contributed by atoms with Gasteiger partial charge >= 0.3 is 0 Å². The van der Waals surface area contributed by atoms with Crippen molar-refractivity contribution in [2.24, 2.45) is 5.73 Å². The monoisotopic (exact) mass is 336 g/mol. The van der Waals surface area contributed by atoms with Gasteiger partial charge in [-0.2, -0.15) is 0 Å². The number of halogens is 2. The number of rotatable bonds is 4. The molecular weight excluding hydrogens is 323 g/mol. The number of anilines is 1. The van der Waals surface area contributed by atoms with E-state index in [1.165, 1.54) is 6.07 Å². The molecule has 0 radical (unpaired) electrons. The fourth-order valence-electron chi connectivity index (χ4n) is 1.88. The van der Waals surface area contributed by atoms with Gasteiger partial charge in [-0.05, 0) is 58.7 Å². The van der Waals surface area contributed by atoms with Gasteiger partial charge in [0.2, 0.25) is 5.91 Å². The molecule has 1 atom stereocenters. The molecule has 0 aromatic heterocycles. The Labute approximate surface area is 125 Å². The Bertz CT molecular complexity index is 646. The Morgan fingerprint density at radius 2 is 2.05 bits per heavy atom. The summed E-state index contributed by atoms with van der Waals surface area (Å²) in [5.74, 6) is -0.762. The largest absolute Gasteiger partial charge is 0.379 e. The number of benzene rings is 2. The highest BCUT2D eigenvalue weighted by molar-refractivity contribution is 9.10.